The highest BCUT2D eigenvalue weighted by Crippen LogP contribution is 2.29. The number of aromatic nitrogens is 3. The third-order valence-electron chi connectivity index (χ3n) is 6.78. The molecular formula is C27H31N7O. The van der Waals surface area contributed by atoms with Gasteiger partial charge < -0.3 is 19.4 Å². The summed E-state index contributed by atoms with van der Waals surface area (Å²) in [6, 6.07) is 16.9. The van der Waals surface area contributed by atoms with Crippen molar-refractivity contribution < 1.29 is 4.74 Å². The van der Waals surface area contributed by atoms with E-state index in [0.29, 0.717) is 18.8 Å². The molecule has 5 rings (SSSR count). The zero-order valence-corrected chi connectivity index (χ0v) is 20.4. The van der Waals surface area contributed by atoms with E-state index in [1.54, 1.807) is 6.20 Å². The molecule has 2 aliphatic heterocycles. The van der Waals surface area contributed by atoms with E-state index in [1.807, 2.05) is 12.1 Å². The molecule has 1 aromatic carbocycles. The average Bonchev–Trinajstić information content (AvgIpc) is 2.93. The van der Waals surface area contributed by atoms with Crippen molar-refractivity contribution in [3.05, 3.63) is 59.8 Å². The summed E-state index contributed by atoms with van der Waals surface area (Å²) < 4.78 is 5.56. The number of anilines is 3. The second-order valence-corrected chi connectivity index (χ2v) is 9.04. The molecule has 0 bridgehead atoms. The molecule has 0 spiro atoms. The molecular weight excluding hydrogens is 438 g/mol. The Bertz CT molecular complexity index is 1200. The van der Waals surface area contributed by atoms with Gasteiger partial charge in [0.15, 0.2) is 0 Å². The first kappa shape index (κ1) is 23.1. The maximum absolute atomic E-state index is 9.51. The number of ether oxygens (including phenoxy) is 1. The van der Waals surface area contributed by atoms with Gasteiger partial charge in [-0.05, 0) is 31.0 Å². The Morgan fingerprint density at radius 3 is 2.54 bits per heavy atom. The number of benzene rings is 1. The SMILES string of the molecule is CCc1ccc(-c2cc(N3CCN(c4ncccc4C#N)C[C@H]3C)nc(N3CCOCC3)n2)cc1. The van der Waals surface area contributed by atoms with Gasteiger partial charge in [-0.2, -0.15) is 10.2 Å². The monoisotopic (exact) mass is 469 g/mol. The maximum Gasteiger partial charge on any atom is 0.228 e. The summed E-state index contributed by atoms with van der Waals surface area (Å²) in [5, 5.41) is 9.51. The molecule has 0 N–H and O–H groups in total. The lowest BCUT2D eigenvalue weighted by atomic mass is 10.1. The van der Waals surface area contributed by atoms with Crippen LogP contribution >= 0.6 is 0 Å². The molecule has 3 aromatic rings. The van der Waals surface area contributed by atoms with Crippen molar-refractivity contribution in [2.45, 2.75) is 26.3 Å². The Morgan fingerprint density at radius 1 is 1.03 bits per heavy atom. The van der Waals surface area contributed by atoms with Crippen molar-refractivity contribution in [3.8, 4) is 17.3 Å². The summed E-state index contributed by atoms with van der Waals surface area (Å²) in [6.45, 7) is 9.65. The van der Waals surface area contributed by atoms with E-state index in [4.69, 9.17) is 14.7 Å². The van der Waals surface area contributed by atoms with Gasteiger partial charge in [-0.25, -0.2) is 9.97 Å². The number of morpholine rings is 1. The minimum absolute atomic E-state index is 0.194. The fourth-order valence-electron chi connectivity index (χ4n) is 4.76. The number of pyridine rings is 1. The van der Waals surface area contributed by atoms with Crippen LogP contribution in [-0.2, 0) is 11.2 Å². The largest absolute Gasteiger partial charge is 0.378 e. The van der Waals surface area contributed by atoms with Crippen molar-refractivity contribution in [1.82, 2.24) is 15.0 Å². The van der Waals surface area contributed by atoms with E-state index in [-0.39, 0.29) is 6.04 Å². The van der Waals surface area contributed by atoms with Crippen molar-refractivity contribution in [2.75, 3.05) is 60.6 Å². The van der Waals surface area contributed by atoms with E-state index in [9.17, 15) is 5.26 Å². The number of piperazine rings is 1. The number of hydrogen-bond donors (Lipinski definition) is 0. The summed E-state index contributed by atoms with van der Waals surface area (Å²) >= 11 is 0. The summed E-state index contributed by atoms with van der Waals surface area (Å²) in [4.78, 5) is 21.2. The van der Waals surface area contributed by atoms with Gasteiger partial charge in [-0.1, -0.05) is 31.2 Å². The summed E-state index contributed by atoms with van der Waals surface area (Å²) in [6.07, 6.45) is 2.77. The molecule has 180 valence electrons. The van der Waals surface area contributed by atoms with Crippen LogP contribution in [0, 0.1) is 11.3 Å². The predicted molar refractivity (Wildman–Crippen MR) is 138 cm³/mol. The van der Waals surface area contributed by atoms with Gasteiger partial charge in [0.05, 0.1) is 24.5 Å². The van der Waals surface area contributed by atoms with E-state index in [1.165, 1.54) is 5.56 Å². The average molecular weight is 470 g/mol. The van der Waals surface area contributed by atoms with Crippen LogP contribution in [0.5, 0.6) is 0 Å². The van der Waals surface area contributed by atoms with E-state index < -0.39 is 0 Å². The molecule has 2 aliphatic rings. The molecule has 8 heteroatoms. The zero-order chi connectivity index (χ0) is 24.2. The highest BCUT2D eigenvalue weighted by molar-refractivity contribution is 5.66. The highest BCUT2D eigenvalue weighted by atomic mass is 16.5. The topological polar surface area (TPSA) is 81.4 Å². The Labute approximate surface area is 206 Å². The van der Waals surface area contributed by atoms with Crippen LogP contribution < -0.4 is 14.7 Å². The molecule has 0 radical (unpaired) electrons. The second kappa shape index (κ2) is 10.3. The molecule has 0 aliphatic carbocycles. The number of aryl methyl sites for hydroxylation is 1. The number of nitrogens with zero attached hydrogens (tertiary/aromatic N) is 7. The van der Waals surface area contributed by atoms with Crippen LogP contribution in [-0.4, -0.2) is 66.9 Å². The molecule has 2 fully saturated rings. The van der Waals surface area contributed by atoms with Crippen molar-refractivity contribution >= 4 is 17.6 Å². The minimum atomic E-state index is 0.194. The smallest absolute Gasteiger partial charge is 0.228 e. The van der Waals surface area contributed by atoms with Crippen LogP contribution in [0.4, 0.5) is 17.6 Å². The highest BCUT2D eigenvalue weighted by Gasteiger charge is 2.28. The summed E-state index contributed by atoms with van der Waals surface area (Å²) in [5.74, 6) is 2.45. The van der Waals surface area contributed by atoms with Crippen LogP contribution in [0.15, 0.2) is 48.7 Å². The fraction of sp³-hybridized carbons (Fsp3) is 0.407. The third kappa shape index (κ3) is 4.91. The molecule has 2 aromatic heterocycles. The van der Waals surface area contributed by atoms with Crippen LogP contribution in [0.25, 0.3) is 11.3 Å². The normalized spacial score (nSPS) is 18.4. The Morgan fingerprint density at radius 2 is 1.83 bits per heavy atom. The quantitative estimate of drug-likeness (QED) is 0.561. The molecule has 8 nitrogen and oxygen atoms in total. The van der Waals surface area contributed by atoms with E-state index in [2.05, 4.69) is 69.9 Å². The first-order valence-corrected chi connectivity index (χ1v) is 12.3. The number of hydrogen-bond acceptors (Lipinski definition) is 8. The Kier molecular flexibility index (Phi) is 6.77. The Hall–Kier alpha value is -3.70. The van der Waals surface area contributed by atoms with Crippen molar-refractivity contribution in [2.24, 2.45) is 0 Å². The van der Waals surface area contributed by atoms with Crippen molar-refractivity contribution in [3.63, 3.8) is 0 Å². The fourth-order valence-corrected chi connectivity index (χ4v) is 4.76. The molecule has 2 saturated heterocycles. The second-order valence-electron chi connectivity index (χ2n) is 9.04. The van der Waals surface area contributed by atoms with Gasteiger partial charge in [-0.15, -0.1) is 0 Å². The molecule has 4 heterocycles. The van der Waals surface area contributed by atoms with Gasteiger partial charge in [-0.3, -0.25) is 0 Å². The van der Waals surface area contributed by atoms with E-state index in [0.717, 1.165) is 68.0 Å². The van der Waals surface area contributed by atoms with Gasteiger partial charge in [0, 0.05) is 56.6 Å². The van der Waals surface area contributed by atoms with Crippen LogP contribution in [0.2, 0.25) is 0 Å². The van der Waals surface area contributed by atoms with Gasteiger partial charge >= 0.3 is 0 Å². The molecule has 0 saturated carbocycles. The van der Waals surface area contributed by atoms with Gasteiger partial charge in [0.25, 0.3) is 0 Å². The number of rotatable bonds is 5. The minimum Gasteiger partial charge on any atom is -0.378 e. The molecule has 1 atom stereocenters. The van der Waals surface area contributed by atoms with E-state index >= 15 is 0 Å². The molecule has 0 unspecified atom stereocenters. The Balaban J connectivity index is 1.45. The molecule has 35 heavy (non-hydrogen) atoms. The van der Waals surface area contributed by atoms with Crippen molar-refractivity contribution in [1.29, 1.82) is 5.26 Å². The lowest BCUT2D eigenvalue weighted by molar-refractivity contribution is 0.122. The lowest BCUT2D eigenvalue weighted by Crippen LogP contribution is -2.53. The first-order valence-electron chi connectivity index (χ1n) is 12.3. The predicted octanol–water partition coefficient (Wildman–Crippen LogP) is 3.52. The lowest BCUT2D eigenvalue weighted by Gasteiger charge is -2.41. The summed E-state index contributed by atoms with van der Waals surface area (Å²) in [5.41, 5.74) is 3.96. The zero-order valence-electron chi connectivity index (χ0n) is 20.4. The summed E-state index contributed by atoms with van der Waals surface area (Å²) in [7, 11) is 0. The van der Waals surface area contributed by atoms with Crippen LogP contribution in [0.3, 0.4) is 0 Å². The van der Waals surface area contributed by atoms with Gasteiger partial charge in [0.2, 0.25) is 5.95 Å². The first-order chi connectivity index (χ1) is 17.2. The standard InChI is InChI=1S/C27H31N7O/c1-3-21-6-8-22(9-7-21)24-17-25(31-27(30-24)32-13-15-35-16-14-32)34-12-11-33(19-20(34)2)26-23(18-28)5-4-10-29-26/h4-10,17,20H,3,11-16,19H2,1-2H3/t20-/m1/s1. The van der Waals surface area contributed by atoms with Crippen LogP contribution in [0.1, 0.15) is 25.0 Å². The van der Waals surface area contributed by atoms with Gasteiger partial charge in [0.1, 0.15) is 17.7 Å². The molecule has 0 amide bonds. The third-order valence-corrected chi connectivity index (χ3v) is 6.78. The number of nitriles is 1. The maximum atomic E-state index is 9.51.